The number of nitrogens with zero attached hydrogens (tertiary/aromatic N) is 2. The van der Waals surface area contributed by atoms with E-state index in [0.717, 1.165) is 17.7 Å². The van der Waals surface area contributed by atoms with Crippen LogP contribution in [0.5, 0.6) is 5.75 Å². The summed E-state index contributed by atoms with van der Waals surface area (Å²) in [5.74, 6) is 1.92. The molecule has 0 aliphatic heterocycles. The quantitative estimate of drug-likeness (QED) is 0.877. The number of nitrogens with two attached hydrogens (primary N) is 1. The van der Waals surface area contributed by atoms with E-state index < -0.39 is 0 Å². The van der Waals surface area contributed by atoms with Crippen molar-refractivity contribution < 1.29 is 9.26 Å². The van der Waals surface area contributed by atoms with Crippen molar-refractivity contribution in [3.63, 3.8) is 0 Å². The summed E-state index contributed by atoms with van der Waals surface area (Å²) in [5.41, 5.74) is 6.84. The molecule has 0 aliphatic rings. The maximum atomic E-state index is 5.88. The Balaban J connectivity index is 2.05. The monoisotopic (exact) mass is 247 g/mol. The van der Waals surface area contributed by atoms with Crippen LogP contribution in [0.4, 0.5) is 0 Å². The minimum Gasteiger partial charge on any atom is -0.483 e. The SMILES string of the molecule is CCc1noc(COc2ccccc2[C@@H](C)N)n1. The fourth-order valence-corrected chi connectivity index (χ4v) is 1.62. The maximum absolute atomic E-state index is 5.88. The predicted molar refractivity (Wildman–Crippen MR) is 67.1 cm³/mol. The smallest absolute Gasteiger partial charge is 0.264 e. The van der Waals surface area contributed by atoms with Gasteiger partial charge in [0.15, 0.2) is 12.4 Å². The first-order chi connectivity index (χ1) is 8.70. The minimum atomic E-state index is -0.0740. The van der Waals surface area contributed by atoms with Gasteiger partial charge < -0.3 is 15.0 Å². The van der Waals surface area contributed by atoms with E-state index in [1.165, 1.54) is 0 Å². The Morgan fingerprint density at radius 1 is 1.39 bits per heavy atom. The molecule has 1 heterocycles. The van der Waals surface area contributed by atoms with Gasteiger partial charge in [0.1, 0.15) is 5.75 Å². The van der Waals surface area contributed by atoms with Gasteiger partial charge in [0.2, 0.25) is 0 Å². The fourth-order valence-electron chi connectivity index (χ4n) is 1.62. The first-order valence-corrected chi connectivity index (χ1v) is 5.99. The molecular weight excluding hydrogens is 230 g/mol. The average molecular weight is 247 g/mol. The third-order valence-electron chi connectivity index (χ3n) is 2.59. The van der Waals surface area contributed by atoms with Crippen LogP contribution in [-0.4, -0.2) is 10.1 Å². The topological polar surface area (TPSA) is 74.2 Å². The molecule has 0 radical (unpaired) electrons. The largest absolute Gasteiger partial charge is 0.483 e. The van der Waals surface area contributed by atoms with Gasteiger partial charge in [-0.1, -0.05) is 30.3 Å². The van der Waals surface area contributed by atoms with Crippen molar-refractivity contribution in [2.24, 2.45) is 5.73 Å². The van der Waals surface area contributed by atoms with E-state index in [1.54, 1.807) is 0 Å². The molecule has 0 saturated carbocycles. The lowest BCUT2D eigenvalue weighted by atomic mass is 10.1. The van der Waals surface area contributed by atoms with Crippen molar-refractivity contribution in [3.8, 4) is 5.75 Å². The molecule has 5 heteroatoms. The number of rotatable bonds is 5. The fraction of sp³-hybridized carbons (Fsp3) is 0.385. The summed E-state index contributed by atoms with van der Waals surface area (Å²) in [7, 11) is 0. The third-order valence-corrected chi connectivity index (χ3v) is 2.59. The van der Waals surface area contributed by atoms with Gasteiger partial charge in [-0.15, -0.1) is 0 Å². The highest BCUT2D eigenvalue weighted by Crippen LogP contribution is 2.23. The molecular formula is C13H17N3O2. The van der Waals surface area contributed by atoms with Crippen LogP contribution in [-0.2, 0) is 13.0 Å². The lowest BCUT2D eigenvalue weighted by Gasteiger charge is -2.12. The molecule has 0 fully saturated rings. The van der Waals surface area contributed by atoms with Crippen molar-refractivity contribution in [1.82, 2.24) is 10.1 Å². The van der Waals surface area contributed by atoms with Crippen LogP contribution >= 0.6 is 0 Å². The number of hydrogen-bond acceptors (Lipinski definition) is 5. The zero-order chi connectivity index (χ0) is 13.0. The summed E-state index contributed by atoms with van der Waals surface area (Å²) in [4.78, 5) is 4.18. The van der Waals surface area contributed by atoms with E-state index >= 15 is 0 Å². The van der Waals surface area contributed by atoms with Crippen LogP contribution in [0.1, 0.15) is 37.2 Å². The molecule has 2 N–H and O–H groups in total. The summed E-state index contributed by atoms with van der Waals surface area (Å²) in [5, 5.41) is 3.81. The number of aryl methyl sites for hydroxylation is 1. The highest BCUT2D eigenvalue weighted by Gasteiger charge is 2.09. The highest BCUT2D eigenvalue weighted by molar-refractivity contribution is 5.35. The lowest BCUT2D eigenvalue weighted by molar-refractivity contribution is 0.240. The van der Waals surface area contributed by atoms with Crippen molar-refractivity contribution in [2.75, 3.05) is 0 Å². The molecule has 0 unspecified atom stereocenters. The van der Waals surface area contributed by atoms with E-state index in [0.29, 0.717) is 11.7 Å². The Kier molecular flexibility index (Phi) is 3.94. The molecule has 1 atom stereocenters. The van der Waals surface area contributed by atoms with Gasteiger partial charge in [-0.25, -0.2) is 0 Å². The summed E-state index contributed by atoms with van der Waals surface area (Å²) >= 11 is 0. The highest BCUT2D eigenvalue weighted by atomic mass is 16.5. The number of para-hydroxylation sites is 1. The lowest BCUT2D eigenvalue weighted by Crippen LogP contribution is -2.08. The summed E-state index contributed by atoms with van der Waals surface area (Å²) < 4.78 is 10.7. The molecule has 0 saturated heterocycles. The molecule has 1 aromatic heterocycles. The van der Waals surface area contributed by atoms with E-state index in [9.17, 15) is 0 Å². The summed E-state index contributed by atoms with van der Waals surface area (Å²) in [6.45, 7) is 4.15. The number of aromatic nitrogens is 2. The van der Waals surface area contributed by atoms with E-state index in [1.807, 2.05) is 38.1 Å². The number of hydrogen-bond donors (Lipinski definition) is 1. The Hall–Kier alpha value is -1.88. The van der Waals surface area contributed by atoms with Gasteiger partial charge in [0, 0.05) is 18.0 Å². The van der Waals surface area contributed by atoms with Gasteiger partial charge in [-0.2, -0.15) is 4.98 Å². The molecule has 0 amide bonds. The Bertz CT molecular complexity index is 508. The second-order valence-corrected chi connectivity index (χ2v) is 4.07. The zero-order valence-corrected chi connectivity index (χ0v) is 10.6. The van der Waals surface area contributed by atoms with E-state index in [4.69, 9.17) is 15.0 Å². The van der Waals surface area contributed by atoms with Crippen LogP contribution in [0.15, 0.2) is 28.8 Å². The normalized spacial score (nSPS) is 12.4. The molecule has 96 valence electrons. The van der Waals surface area contributed by atoms with E-state index in [-0.39, 0.29) is 12.6 Å². The molecule has 0 aliphatic carbocycles. The van der Waals surface area contributed by atoms with Gasteiger partial charge in [0.25, 0.3) is 5.89 Å². The summed E-state index contributed by atoms with van der Waals surface area (Å²) in [6.07, 6.45) is 0.750. The van der Waals surface area contributed by atoms with Crippen LogP contribution in [0, 0.1) is 0 Å². The van der Waals surface area contributed by atoms with Crippen LogP contribution in [0.2, 0.25) is 0 Å². The Morgan fingerprint density at radius 3 is 2.83 bits per heavy atom. The standard InChI is InChI=1S/C13H17N3O2/c1-3-12-15-13(18-16-12)8-17-11-7-5-4-6-10(11)9(2)14/h4-7,9H,3,8,14H2,1-2H3/t9-/m1/s1. The average Bonchev–Trinajstić information content (AvgIpc) is 2.84. The third kappa shape index (κ3) is 2.87. The predicted octanol–water partition coefficient (Wildman–Crippen LogP) is 2.23. The van der Waals surface area contributed by atoms with Crippen molar-refractivity contribution in [1.29, 1.82) is 0 Å². The number of ether oxygens (including phenoxy) is 1. The maximum Gasteiger partial charge on any atom is 0.264 e. The second kappa shape index (κ2) is 5.64. The van der Waals surface area contributed by atoms with Gasteiger partial charge in [0.05, 0.1) is 0 Å². The van der Waals surface area contributed by atoms with Gasteiger partial charge >= 0.3 is 0 Å². The van der Waals surface area contributed by atoms with E-state index in [2.05, 4.69) is 10.1 Å². The van der Waals surface area contributed by atoms with Crippen molar-refractivity contribution in [2.45, 2.75) is 32.9 Å². The van der Waals surface area contributed by atoms with Crippen LogP contribution < -0.4 is 10.5 Å². The Labute approximate surface area is 106 Å². The first kappa shape index (κ1) is 12.6. The summed E-state index contributed by atoms with van der Waals surface area (Å²) in [6, 6.07) is 7.61. The molecule has 18 heavy (non-hydrogen) atoms. The zero-order valence-electron chi connectivity index (χ0n) is 10.6. The Morgan fingerprint density at radius 2 is 2.17 bits per heavy atom. The molecule has 2 rings (SSSR count). The molecule has 0 bridgehead atoms. The van der Waals surface area contributed by atoms with Gasteiger partial charge in [-0.3, -0.25) is 0 Å². The van der Waals surface area contributed by atoms with Crippen molar-refractivity contribution >= 4 is 0 Å². The minimum absolute atomic E-state index is 0.0740. The second-order valence-electron chi connectivity index (χ2n) is 4.07. The molecule has 1 aromatic carbocycles. The first-order valence-electron chi connectivity index (χ1n) is 5.99. The van der Waals surface area contributed by atoms with Crippen LogP contribution in [0.25, 0.3) is 0 Å². The molecule has 2 aromatic rings. The molecule has 5 nitrogen and oxygen atoms in total. The number of benzene rings is 1. The van der Waals surface area contributed by atoms with Crippen LogP contribution in [0.3, 0.4) is 0 Å². The van der Waals surface area contributed by atoms with Gasteiger partial charge in [-0.05, 0) is 13.0 Å². The molecule has 0 spiro atoms. The van der Waals surface area contributed by atoms with Crippen molar-refractivity contribution in [3.05, 3.63) is 41.5 Å².